The van der Waals surface area contributed by atoms with Gasteiger partial charge < -0.3 is 25.1 Å². The number of nitrogens with one attached hydrogen (secondary N) is 2. The summed E-state index contributed by atoms with van der Waals surface area (Å²) in [7, 11) is 2.00. The van der Waals surface area contributed by atoms with Crippen LogP contribution in [0.1, 0.15) is 11.1 Å². The molecule has 0 aliphatic carbocycles. The van der Waals surface area contributed by atoms with E-state index >= 15 is 0 Å². The first-order chi connectivity index (χ1) is 14.6. The molecule has 0 atom stereocenters. The Balaban J connectivity index is 1.43. The van der Waals surface area contributed by atoms with Gasteiger partial charge in [-0.25, -0.2) is 4.99 Å². The molecule has 3 heterocycles. The van der Waals surface area contributed by atoms with E-state index in [4.69, 9.17) is 4.84 Å². The number of aromatic amines is 1. The molecule has 8 nitrogen and oxygen atoms in total. The molecule has 0 bridgehead atoms. The molecule has 1 amide bonds. The van der Waals surface area contributed by atoms with E-state index in [0.29, 0.717) is 17.0 Å². The number of aliphatic imine (C=N–C) groups is 1. The second kappa shape index (κ2) is 7.31. The zero-order valence-corrected chi connectivity index (χ0v) is 16.4. The highest BCUT2D eigenvalue weighted by Crippen LogP contribution is 2.35. The van der Waals surface area contributed by atoms with Gasteiger partial charge in [0.15, 0.2) is 12.5 Å². The number of fused-ring (bicyclic) bond motifs is 2. The third kappa shape index (κ3) is 3.21. The van der Waals surface area contributed by atoms with Crippen molar-refractivity contribution in [1.82, 2.24) is 15.2 Å². The fourth-order valence-corrected chi connectivity index (χ4v) is 3.92. The summed E-state index contributed by atoms with van der Waals surface area (Å²) in [4.78, 5) is 27.3. The number of benzene rings is 2. The highest BCUT2D eigenvalue weighted by atomic mass is 16.6. The number of aromatic hydroxyl groups is 1. The highest BCUT2D eigenvalue weighted by Gasteiger charge is 2.29. The van der Waals surface area contributed by atoms with E-state index in [0.717, 1.165) is 35.2 Å². The van der Waals surface area contributed by atoms with Gasteiger partial charge in [0.2, 0.25) is 0 Å². The van der Waals surface area contributed by atoms with Crippen molar-refractivity contribution in [3.8, 4) is 5.88 Å². The largest absolute Gasteiger partial charge is 0.494 e. The summed E-state index contributed by atoms with van der Waals surface area (Å²) in [6.45, 7) is 1.49. The Bertz CT molecular complexity index is 1190. The average Bonchev–Trinajstić information content (AvgIpc) is 3.23. The number of hydrogen-bond donors (Lipinski definition) is 3. The van der Waals surface area contributed by atoms with Crippen LogP contribution >= 0.6 is 0 Å². The molecule has 5 rings (SSSR count). The number of likely N-dealkylation sites (N-methyl/N-ethyl adjacent to an activating group) is 1. The van der Waals surface area contributed by atoms with Crippen LogP contribution in [-0.2, 0) is 9.63 Å². The number of carbonyl (C=O) groups is 1. The molecule has 0 radical (unpaired) electrons. The predicted octanol–water partition coefficient (Wildman–Crippen LogP) is 2.16. The van der Waals surface area contributed by atoms with Gasteiger partial charge >= 0.3 is 0 Å². The molecule has 1 aromatic heterocycles. The van der Waals surface area contributed by atoms with Gasteiger partial charge in [0.1, 0.15) is 11.4 Å². The summed E-state index contributed by atoms with van der Waals surface area (Å²) in [5.74, 6) is -0.195. The first kappa shape index (κ1) is 18.4. The number of carbonyl (C=O) groups excluding carboxylic acids is 1. The van der Waals surface area contributed by atoms with Crippen LogP contribution in [0.2, 0.25) is 0 Å². The molecule has 1 saturated heterocycles. The van der Waals surface area contributed by atoms with Crippen LogP contribution in [-0.4, -0.2) is 65.1 Å². The van der Waals surface area contributed by atoms with Gasteiger partial charge in [-0.1, -0.05) is 41.6 Å². The van der Waals surface area contributed by atoms with Crippen LogP contribution in [0.5, 0.6) is 5.88 Å². The van der Waals surface area contributed by atoms with Crippen molar-refractivity contribution in [3.63, 3.8) is 0 Å². The lowest BCUT2D eigenvalue weighted by molar-refractivity contribution is -0.127. The van der Waals surface area contributed by atoms with E-state index in [1.165, 1.54) is 0 Å². The molecule has 1 fully saturated rings. The minimum atomic E-state index is -0.211. The Hall–Kier alpha value is -3.65. The Morgan fingerprint density at radius 3 is 2.87 bits per heavy atom. The molecule has 0 spiro atoms. The van der Waals surface area contributed by atoms with Gasteiger partial charge in [-0.05, 0) is 19.2 Å². The number of likely N-dealkylation sites (tertiary alicyclic amines) is 1. The minimum Gasteiger partial charge on any atom is -0.494 e. The normalized spacial score (nSPS) is 17.6. The lowest BCUT2D eigenvalue weighted by Crippen LogP contribution is -2.58. The molecule has 8 heteroatoms. The first-order valence-electron chi connectivity index (χ1n) is 9.76. The summed E-state index contributed by atoms with van der Waals surface area (Å²) in [6, 6.07) is 15.3. The molecule has 0 unspecified atom stereocenters. The molecule has 0 saturated carbocycles. The lowest BCUT2D eigenvalue weighted by Gasteiger charge is -2.36. The number of H-pyrrole nitrogens is 1. The highest BCUT2D eigenvalue weighted by molar-refractivity contribution is 6.58. The van der Waals surface area contributed by atoms with Crippen LogP contribution in [0.15, 0.2) is 58.7 Å². The SMILES string of the molecule is CN1CC(NC(=O)CON=C2C(c3c(O)[nH]c4ccccc34)=Nc3ccccc32)C1. The molecule has 152 valence electrons. The Kier molecular flexibility index (Phi) is 4.48. The first-order valence-corrected chi connectivity index (χ1v) is 9.76. The molecular formula is C22H21N5O3. The van der Waals surface area contributed by atoms with Crippen LogP contribution in [0.4, 0.5) is 5.69 Å². The maximum atomic E-state index is 12.1. The standard InChI is InChI=1S/C22H21N5O3/c1-27-10-13(11-27)23-18(28)12-30-26-20-15-7-3-5-9-17(15)24-21(20)19-14-6-2-4-8-16(14)25-22(19)29/h2-9,13,25,29H,10-12H2,1H3,(H,23,28). The Labute approximate surface area is 172 Å². The van der Waals surface area contributed by atoms with Gasteiger partial charge in [0.25, 0.3) is 5.91 Å². The zero-order valence-electron chi connectivity index (χ0n) is 16.4. The van der Waals surface area contributed by atoms with E-state index in [1.54, 1.807) is 0 Å². The third-order valence-electron chi connectivity index (χ3n) is 5.32. The van der Waals surface area contributed by atoms with Crippen molar-refractivity contribution in [2.24, 2.45) is 10.1 Å². The Morgan fingerprint density at radius 1 is 1.27 bits per heavy atom. The van der Waals surface area contributed by atoms with E-state index in [9.17, 15) is 9.90 Å². The van der Waals surface area contributed by atoms with Gasteiger partial charge in [0, 0.05) is 29.6 Å². The molecule has 2 aliphatic heterocycles. The number of para-hydroxylation sites is 2. The summed E-state index contributed by atoms with van der Waals surface area (Å²) < 4.78 is 0. The average molecular weight is 403 g/mol. The molecule has 2 aliphatic rings. The number of aromatic nitrogens is 1. The quantitative estimate of drug-likeness (QED) is 0.568. The number of oxime groups is 1. The van der Waals surface area contributed by atoms with Crippen molar-refractivity contribution in [1.29, 1.82) is 0 Å². The van der Waals surface area contributed by atoms with Gasteiger partial charge in [-0.15, -0.1) is 0 Å². The van der Waals surface area contributed by atoms with Crippen molar-refractivity contribution in [2.75, 3.05) is 26.7 Å². The molecule has 3 aromatic rings. The monoisotopic (exact) mass is 403 g/mol. The van der Waals surface area contributed by atoms with Crippen molar-refractivity contribution >= 4 is 33.9 Å². The van der Waals surface area contributed by atoms with E-state index < -0.39 is 0 Å². The third-order valence-corrected chi connectivity index (χ3v) is 5.32. The molecule has 30 heavy (non-hydrogen) atoms. The maximum absolute atomic E-state index is 12.1. The van der Waals surface area contributed by atoms with E-state index in [-0.39, 0.29) is 24.4 Å². The maximum Gasteiger partial charge on any atom is 0.261 e. The Morgan fingerprint density at radius 2 is 2.03 bits per heavy atom. The van der Waals surface area contributed by atoms with Crippen LogP contribution < -0.4 is 5.32 Å². The van der Waals surface area contributed by atoms with E-state index in [2.05, 4.69) is 25.3 Å². The summed E-state index contributed by atoms with van der Waals surface area (Å²) in [6.07, 6.45) is 0. The summed E-state index contributed by atoms with van der Waals surface area (Å²) in [5, 5.41) is 18.6. The number of rotatable bonds is 5. The van der Waals surface area contributed by atoms with Crippen molar-refractivity contribution < 1.29 is 14.7 Å². The summed E-state index contributed by atoms with van der Waals surface area (Å²) in [5.41, 5.74) is 3.88. The fraction of sp³-hybridized carbons (Fsp3) is 0.227. The topological polar surface area (TPSA) is 102 Å². The molecular weight excluding hydrogens is 382 g/mol. The van der Waals surface area contributed by atoms with E-state index in [1.807, 2.05) is 55.6 Å². The zero-order chi connectivity index (χ0) is 20.7. The number of nitrogens with zero attached hydrogens (tertiary/aromatic N) is 3. The lowest BCUT2D eigenvalue weighted by atomic mass is 10.0. The van der Waals surface area contributed by atoms with Gasteiger partial charge in [-0.3, -0.25) is 4.79 Å². The predicted molar refractivity (Wildman–Crippen MR) is 115 cm³/mol. The van der Waals surface area contributed by atoms with Crippen molar-refractivity contribution in [3.05, 3.63) is 59.7 Å². The van der Waals surface area contributed by atoms with Gasteiger partial charge in [0.05, 0.1) is 17.3 Å². The van der Waals surface area contributed by atoms with Crippen LogP contribution in [0.25, 0.3) is 10.9 Å². The second-order valence-corrected chi connectivity index (χ2v) is 7.57. The fourth-order valence-electron chi connectivity index (χ4n) is 3.92. The molecule has 3 N–H and O–H groups in total. The minimum absolute atomic E-state index is 0.0160. The van der Waals surface area contributed by atoms with Crippen LogP contribution in [0.3, 0.4) is 0 Å². The smallest absolute Gasteiger partial charge is 0.261 e. The summed E-state index contributed by atoms with van der Waals surface area (Å²) >= 11 is 0. The van der Waals surface area contributed by atoms with Gasteiger partial charge in [-0.2, -0.15) is 0 Å². The van der Waals surface area contributed by atoms with Crippen molar-refractivity contribution in [2.45, 2.75) is 6.04 Å². The molecule has 2 aromatic carbocycles. The number of amides is 1. The number of hydrogen-bond acceptors (Lipinski definition) is 6. The van der Waals surface area contributed by atoms with Crippen LogP contribution in [0, 0.1) is 0 Å². The second-order valence-electron chi connectivity index (χ2n) is 7.57.